The lowest BCUT2D eigenvalue weighted by Gasteiger charge is -2.31. The van der Waals surface area contributed by atoms with Gasteiger partial charge in [-0.25, -0.2) is 17.8 Å². The van der Waals surface area contributed by atoms with Gasteiger partial charge in [0, 0.05) is 7.11 Å². The van der Waals surface area contributed by atoms with Gasteiger partial charge in [0.25, 0.3) is 0 Å². The number of ether oxygens (including phenoxy) is 1. The second-order valence-corrected chi connectivity index (χ2v) is 15.3. The topological polar surface area (TPSA) is 222 Å². The Bertz CT molecular complexity index is 1910. The lowest BCUT2D eigenvalue weighted by atomic mass is 10.0. The molecule has 0 aliphatic heterocycles. The molecule has 1 atom stereocenters. The van der Waals surface area contributed by atoms with Crippen LogP contribution < -0.4 is 20.6 Å². The minimum Gasteiger partial charge on any atom is -0.480 e. The Kier molecular flexibility index (Phi) is 18.9. The summed E-state index contributed by atoms with van der Waals surface area (Å²) in [5.74, 6) is -1.48. The molecule has 2 aromatic carbocycles. The molecule has 1 amide bonds. The van der Waals surface area contributed by atoms with Crippen LogP contribution in [0.25, 0.3) is 5.69 Å². The van der Waals surface area contributed by atoms with Gasteiger partial charge in [0.05, 0.1) is 58.8 Å². The first-order valence-corrected chi connectivity index (χ1v) is 19.8. The molecule has 5 N–H and O–H groups in total. The highest BCUT2D eigenvalue weighted by Crippen LogP contribution is 2.33. The van der Waals surface area contributed by atoms with Crippen LogP contribution in [0.5, 0.6) is 0 Å². The molecule has 0 saturated carbocycles. The molecule has 0 fully saturated rings. The van der Waals surface area contributed by atoms with E-state index < -0.39 is 48.7 Å². The molecule has 1 heterocycles. The molecule has 292 valence electrons. The summed E-state index contributed by atoms with van der Waals surface area (Å²) >= 11 is 17.6. The SMILES string of the molecule is CCc1cccc(C)c1N(C(=O)CCl)C(C)COC.Cc1nn(-c2cc(NS(C)(=O)=O)c(Cl)cc2Cl)c(=O)n1C(F)F.O=C(O)CNCP(=O)(O)O. The Morgan fingerprint density at radius 1 is 1.15 bits per heavy atom. The summed E-state index contributed by atoms with van der Waals surface area (Å²) in [7, 11) is -6.11. The number of methoxy groups -OCH3 is 1. The average Bonchev–Trinajstić information content (AvgIpc) is 3.31. The second-order valence-electron chi connectivity index (χ2n) is 10.8. The molecule has 3 aromatic rings. The molecule has 0 aliphatic carbocycles. The van der Waals surface area contributed by atoms with Crippen LogP contribution in [0, 0.1) is 13.8 Å². The maximum absolute atomic E-state index is 12.8. The summed E-state index contributed by atoms with van der Waals surface area (Å²) in [5.41, 5.74) is 1.94. The number of anilines is 2. The van der Waals surface area contributed by atoms with Crippen LogP contribution >= 0.6 is 42.4 Å². The van der Waals surface area contributed by atoms with Gasteiger partial charge in [0.1, 0.15) is 11.7 Å². The number of carbonyl (C=O) groups excluding carboxylic acids is 1. The summed E-state index contributed by atoms with van der Waals surface area (Å²) in [6.07, 6.45) is 1.18. The Labute approximate surface area is 313 Å². The maximum Gasteiger partial charge on any atom is 0.355 e. The Morgan fingerprint density at radius 3 is 2.23 bits per heavy atom. The molecule has 52 heavy (non-hydrogen) atoms. The summed E-state index contributed by atoms with van der Waals surface area (Å²) < 4.78 is 66.5. The van der Waals surface area contributed by atoms with E-state index in [1.807, 2.05) is 26.0 Å². The first kappa shape index (κ1) is 46.9. The van der Waals surface area contributed by atoms with Gasteiger partial charge in [-0.2, -0.15) is 13.5 Å². The van der Waals surface area contributed by atoms with Gasteiger partial charge in [-0.1, -0.05) is 48.3 Å². The fraction of sp³-hybridized carbons (Fsp3) is 0.448. The number of hydrogen-bond donors (Lipinski definition) is 5. The van der Waals surface area contributed by atoms with Crippen molar-refractivity contribution >= 4 is 75.7 Å². The second kappa shape index (κ2) is 20.9. The number of amides is 1. The molecule has 3 rings (SSSR count). The van der Waals surface area contributed by atoms with Crippen molar-refractivity contribution < 1.29 is 51.0 Å². The maximum atomic E-state index is 12.8. The summed E-state index contributed by atoms with van der Waals surface area (Å²) in [6.45, 7) is 4.27. The van der Waals surface area contributed by atoms with Crippen molar-refractivity contribution in [2.45, 2.75) is 46.7 Å². The van der Waals surface area contributed by atoms with Gasteiger partial charge in [-0.3, -0.25) is 24.2 Å². The van der Waals surface area contributed by atoms with E-state index in [4.69, 9.17) is 54.4 Å². The molecule has 1 unspecified atom stereocenters. The van der Waals surface area contributed by atoms with E-state index >= 15 is 0 Å². The van der Waals surface area contributed by atoms with E-state index in [1.54, 1.807) is 12.0 Å². The standard InChI is InChI=1S/C15H22ClNO2.C11H10Cl2F2N4O3S.C3H8NO5P/c1-5-13-8-6-7-11(2)15(13)17(14(18)9-16)12(3)10-19-4;1-5-16-19(11(20)18(5)10(14)15)9-4-8(17-23(2,21)22)6(12)3-7(9)13;5-3(6)1-4-2-10(7,8)9/h6-8,12H,5,9-10H2,1-4H3;3-4,10,17H,1-2H3;4H,1-2H2,(H,5,6)(H2,7,8,9). The smallest absolute Gasteiger partial charge is 0.355 e. The van der Waals surface area contributed by atoms with Crippen molar-refractivity contribution in [1.82, 2.24) is 19.7 Å². The van der Waals surface area contributed by atoms with Crippen LogP contribution in [0.2, 0.25) is 10.0 Å². The highest BCUT2D eigenvalue weighted by atomic mass is 35.5. The van der Waals surface area contributed by atoms with Crippen LogP contribution in [-0.4, -0.2) is 94.3 Å². The number of sulfonamides is 1. The number of rotatable bonds is 14. The molecular formula is C29H40Cl3F2N6O10PS. The molecule has 23 heteroatoms. The van der Waals surface area contributed by atoms with Gasteiger partial charge in [0.2, 0.25) is 15.9 Å². The zero-order valence-corrected chi connectivity index (χ0v) is 32.8. The predicted octanol–water partition coefficient (Wildman–Crippen LogP) is 4.38. The summed E-state index contributed by atoms with van der Waals surface area (Å²) in [5, 5.41) is 13.7. The summed E-state index contributed by atoms with van der Waals surface area (Å²) in [4.78, 5) is 52.1. The van der Waals surface area contributed by atoms with E-state index in [2.05, 4.69) is 28.1 Å². The Morgan fingerprint density at radius 2 is 1.77 bits per heavy atom. The van der Waals surface area contributed by atoms with Crippen molar-refractivity contribution in [3.63, 3.8) is 0 Å². The molecular weight excluding hydrogens is 800 g/mol. The van der Waals surface area contributed by atoms with E-state index in [-0.39, 0.29) is 49.6 Å². The first-order valence-electron chi connectivity index (χ1n) is 14.8. The lowest BCUT2D eigenvalue weighted by molar-refractivity contribution is -0.135. The zero-order valence-electron chi connectivity index (χ0n) is 28.8. The van der Waals surface area contributed by atoms with Gasteiger partial charge in [-0.15, -0.1) is 16.7 Å². The van der Waals surface area contributed by atoms with Crippen molar-refractivity contribution in [3.8, 4) is 5.69 Å². The largest absolute Gasteiger partial charge is 0.480 e. The fourth-order valence-electron chi connectivity index (χ4n) is 4.46. The molecule has 0 radical (unpaired) electrons. The van der Waals surface area contributed by atoms with E-state index in [9.17, 15) is 36.1 Å². The number of carboxylic acids is 1. The fourth-order valence-corrected chi connectivity index (χ4v) is 6.13. The predicted molar refractivity (Wildman–Crippen MR) is 195 cm³/mol. The Hall–Kier alpha value is -3.13. The number of nitrogens with zero attached hydrogens (tertiary/aromatic N) is 4. The van der Waals surface area contributed by atoms with Gasteiger partial charge in [0.15, 0.2) is 0 Å². The van der Waals surface area contributed by atoms with Crippen LogP contribution in [0.3, 0.4) is 0 Å². The first-order chi connectivity index (χ1) is 24.0. The van der Waals surface area contributed by atoms with Crippen LogP contribution in [-0.2, 0) is 35.3 Å². The third-order valence-corrected chi connectivity index (χ3v) is 8.57. The number of carboxylic acid groups (broad SMARTS) is 1. The van der Waals surface area contributed by atoms with Crippen molar-refractivity contribution in [2.24, 2.45) is 0 Å². The van der Waals surface area contributed by atoms with Crippen molar-refractivity contribution in [3.05, 3.63) is 67.8 Å². The van der Waals surface area contributed by atoms with Crippen molar-refractivity contribution in [2.75, 3.05) is 48.3 Å². The molecule has 1 aromatic heterocycles. The lowest BCUT2D eigenvalue weighted by Crippen LogP contribution is -2.43. The highest BCUT2D eigenvalue weighted by Gasteiger charge is 2.25. The van der Waals surface area contributed by atoms with Crippen LogP contribution in [0.4, 0.5) is 20.2 Å². The Balaban J connectivity index is 0.000000421. The van der Waals surface area contributed by atoms with E-state index in [1.165, 1.54) is 13.0 Å². The molecule has 0 bridgehead atoms. The number of aromatic nitrogens is 3. The van der Waals surface area contributed by atoms with Crippen LogP contribution in [0.15, 0.2) is 35.1 Å². The number of hydrogen-bond acceptors (Lipinski definition) is 9. The van der Waals surface area contributed by atoms with Gasteiger partial charge in [-0.05, 0) is 50.5 Å². The van der Waals surface area contributed by atoms with Crippen molar-refractivity contribution in [1.29, 1.82) is 0 Å². The zero-order chi connectivity index (χ0) is 40.1. The highest BCUT2D eigenvalue weighted by molar-refractivity contribution is 7.92. The quantitative estimate of drug-likeness (QED) is 0.113. The average molecular weight is 840 g/mol. The molecule has 16 nitrogen and oxygen atoms in total. The third-order valence-electron chi connectivity index (χ3n) is 6.50. The number of alkyl halides is 3. The number of carbonyl (C=O) groups is 2. The van der Waals surface area contributed by atoms with E-state index in [0.29, 0.717) is 11.3 Å². The number of aryl methyl sites for hydroxylation is 3. The molecule has 0 aliphatic rings. The number of aliphatic carboxylic acids is 1. The molecule has 0 spiro atoms. The van der Waals surface area contributed by atoms with E-state index in [0.717, 1.165) is 35.6 Å². The number of benzene rings is 2. The van der Waals surface area contributed by atoms with Crippen LogP contribution in [0.1, 0.15) is 37.3 Å². The number of para-hydroxylation sites is 1. The normalized spacial score (nSPS) is 12.0. The number of nitrogens with one attached hydrogen (secondary N) is 2. The summed E-state index contributed by atoms with van der Waals surface area (Å²) in [6, 6.07) is 8.36. The van der Waals surface area contributed by atoms with Gasteiger partial charge >= 0.3 is 25.8 Å². The third kappa shape index (κ3) is 14.7. The van der Waals surface area contributed by atoms with Gasteiger partial charge < -0.3 is 24.5 Å². The number of halogens is 5. The minimum atomic E-state index is -4.10. The monoisotopic (exact) mass is 838 g/mol. The minimum absolute atomic E-state index is 0.0223. The molecule has 0 saturated heterocycles.